The molecule has 0 unspecified atom stereocenters. The molecule has 0 bridgehead atoms. The molecule has 11 heteroatoms. The molecule has 0 atom stereocenters. The fourth-order valence-electron chi connectivity index (χ4n) is 3.75. The molecule has 0 aliphatic carbocycles. The Morgan fingerprint density at radius 2 is 1.94 bits per heavy atom. The topological polar surface area (TPSA) is 92.6 Å². The number of rotatable bonds is 6. The number of benzene rings is 2. The van der Waals surface area contributed by atoms with Gasteiger partial charge in [-0.05, 0) is 37.3 Å². The van der Waals surface area contributed by atoms with Crippen molar-refractivity contribution in [2.24, 2.45) is 0 Å². The number of ether oxygens (including phenoxy) is 1. The van der Waals surface area contributed by atoms with Crippen LogP contribution in [-0.4, -0.2) is 64.8 Å². The first kappa shape index (κ1) is 23.8. The molecule has 4 rings (SSSR count). The maximum Gasteiger partial charge on any atom is 0.243 e. The molecular weight excluding hydrogens is 479 g/mol. The number of aromatic nitrogens is 3. The van der Waals surface area contributed by atoms with Crippen molar-refractivity contribution >= 4 is 46.4 Å². The third-order valence-electron chi connectivity index (χ3n) is 5.51. The fraction of sp³-hybridized carbons (Fsp3) is 0.304. The molecule has 1 aliphatic rings. The van der Waals surface area contributed by atoms with Gasteiger partial charge in [0.25, 0.3) is 0 Å². The zero-order valence-corrected chi connectivity index (χ0v) is 20.3. The quantitative estimate of drug-likeness (QED) is 0.553. The van der Waals surface area contributed by atoms with Gasteiger partial charge in [-0.3, -0.25) is 9.59 Å². The first-order chi connectivity index (χ1) is 16.3. The monoisotopic (exact) mass is 502 g/mol. The lowest BCUT2D eigenvalue weighted by molar-refractivity contribution is -0.133. The Labute approximate surface area is 207 Å². The summed E-state index contributed by atoms with van der Waals surface area (Å²) in [5.41, 5.74) is 2.23. The van der Waals surface area contributed by atoms with E-state index >= 15 is 0 Å². The number of carbonyl (C=O) groups excluding carboxylic acids is 2. The Balaban J connectivity index is 1.42. The summed E-state index contributed by atoms with van der Waals surface area (Å²) in [5, 5.41) is 7.86. The molecule has 178 valence electrons. The van der Waals surface area contributed by atoms with Crippen molar-refractivity contribution in [3.63, 3.8) is 0 Å². The SMILES string of the molecule is COc1cc(N2CCC(=O)N(CC(=O)Nc3ccc(Cl)c(Cl)c3)CC2)ccc1-n1cnc(C)n1. The minimum Gasteiger partial charge on any atom is -0.494 e. The number of hydrogen-bond acceptors (Lipinski definition) is 6. The third kappa shape index (κ3) is 5.43. The highest BCUT2D eigenvalue weighted by molar-refractivity contribution is 6.42. The summed E-state index contributed by atoms with van der Waals surface area (Å²) in [7, 11) is 1.60. The summed E-state index contributed by atoms with van der Waals surface area (Å²) in [6.45, 7) is 3.31. The molecule has 1 fully saturated rings. The van der Waals surface area contributed by atoms with E-state index in [1.807, 2.05) is 25.1 Å². The highest BCUT2D eigenvalue weighted by atomic mass is 35.5. The zero-order valence-electron chi connectivity index (χ0n) is 18.8. The number of halogens is 2. The van der Waals surface area contributed by atoms with Crippen LogP contribution in [0.1, 0.15) is 12.2 Å². The average Bonchev–Trinajstić information content (AvgIpc) is 3.17. The summed E-state index contributed by atoms with van der Waals surface area (Å²) >= 11 is 11.9. The number of hydrogen-bond donors (Lipinski definition) is 1. The van der Waals surface area contributed by atoms with Crippen molar-refractivity contribution in [1.82, 2.24) is 19.7 Å². The van der Waals surface area contributed by atoms with Gasteiger partial charge in [-0.25, -0.2) is 9.67 Å². The van der Waals surface area contributed by atoms with Gasteiger partial charge in [-0.1, -0.05) is 23.2 Å². The van der Waals surface area contributed by atoms with Crippen molar-refractivity contribution in [2.45, 2.75) is 13.3 Å². The molecule has 9 nitrogen and oxygen atoms in total. The number of amides is 2. The Kier molecular flexibility index (Phi) is 7.23. The highest BCUT2D eigenvalue weighted by Gasteiger charge is 2.24. The maximum absolute atomic E-state index is 12.7. The predicted octanol–water partition coefficient (Wildman–Crippen LogP) is 3.57. The highest BCUT2D eigenvalue weighted by Crippen LogP contribution is 2.29. The molecule has 0 radical (unpaired) electrons. The summed E-state index contributed by atoms with van der Waals surface area (Å²) in [4.78, 5) is 33.0. The number of nitrogens with zero attached hydrogens (tertiary/aromatic N) is 5. The number of carbonyl (C=O) groups is 2. The van der Waals surface area contributed by atoms with Crippen LogP contribution in [0, 0.1) is 6.92 Å². The third-order valence-corrected chi connectivity index (χ3v) is 6.25. The zero-order chi connectivity index (χ0) is 24.2. The van der Waals surface area contributed by atoms with E-state index < -0.39 is 0 Å². The van der Waals surface area contributed by atoms with Crippen molar-refractivity contribution in [1.29, 1.82) is 0 Å². The molecule has 2 heterocycles. The van der Waals surface area contributed by atoms with Gasteiger partial charge in [0.1, 0.15) is 23.6 Å². The number of nitrogens with one attached hydrogen (secondary N) is 1. The van der Waals surface area contributed by atoms with Gasteiger partial charge in [-0.15, -0.1) is 0 Å². The molecule has 1 aliphatic heterocycles. The number of methoxy groups -OCH3 is 1. The first-order valence-corrected chi connectivity index (χ1v) is 11.4. The largest absolute Gasteiger partial charge is 0.494 e. The van der Waals surface area contributed by atoms with Gasteiger partial charge in [0, 0.05) is 43.5 Å². The van der Waals surface area contributed by atoms with E-state index in [2.05, 4.69) is 20.3 Å². The summed E-state index contributed by atoms with van der Waals surface area (Å²) < 4.78 is 7.24. The molecule has 0 spiro atoms. The van der Waals surface area contributed by atoms with Crippen LogP contribution in [0.4, 0.5) is 11.4 Å². The average molecular weight is 503 g/mol. The molecule has 2 aromatic carbocycles. The van der Waals surface area contributed by atoms with Gasteiger partial charge < -0.3 is 19.9 Å². The predicted molar refractivity (Wildman–Crippen MR) is 131 cm³/mol. The summed E-state index contributed by atoms with van der Waals surface area (Å²) in [6.07, 6.45) is 1.94. The number of anilines is 2. The van der Waals surface area contributed by atoms with E-state index in [1.54, 1.807) is 41.2 Å². The molecular formula is C23H24Cl2N6O3. The van der Waals surface area contributed by atoms with E-state index in [1.165, 1.54) is 0 Å². The van der Waals surface area contributed by atoms with Crippen LogP contribution in [0.2, 0.25) is 10.0 Å². The van der Waals surface area contributed by atoms with Crippen LogP contribution in [0.5, 0.6) is 5.75 Å². The molecule has 0 saturated carbocycles. The van der Waals surface area contributed by atoms with E-state index in [0.717, 1.165) is 11.4 Å². The molecule has 1 aromatic heterocycles. The molecule has 1 saturated heterocycles. The summed E-state index contributed by atoms with van der Waals surface area (Å²) in [6, 6.07) is 10.6. The normalized spacial score (nSPS) is 14.2. The van der Waals surface area contributed by atoms with Crippen LogP contribution in [-0.2, 0) is 9.59 Å². The van der Waals surface area contributed by atoms with E-state index in [9.17, 15) is 9.59 Å². The van der Waals surface area contributed by atoms with Gasteiger partial charge in [0.2, 0.25) is 11.8 Å². The van der Waals surface area contributed by atoms with E-state index in [4.69, 9.17) is 27.9 Å². The Hall–Kier alpha value is -3.30. The Morgan fingerprint density at radius 1 is 1.12 bits per heavy atom. The first-order valence-electron chi connectivity index (χ1n) is 10.7. The second-order valence-electron chi connectivity index (χ2n) is 7.82. The number of aryl methyl sites for hydroxylation is 1. The lowest BCUT2D eigenvalue weighted by atomic mass is 10.2. The van der Waals surface area contributed by atoms with Crippen molar-refractivity contribution in [2.75, 3.05) is 43.5 Å². The van der Waals surface area contributed by atoms with Crippen molar-refractivity contribution < 1.29 is 14.3 Å². The van der Waals surface area contributed by atoms with Crippen LogP contribution in [0.3, 0.4) is 0 Å². The minimum absolute atomic E-state index is 0.0408. The van der Waals surface area contributed by atoms with Crippen molar-refractivity contribution in [3.05, 3.63) is 58.6 Å². The molecule has 3 aromatic rings. The van der Waals surface area contributed by atoms with E-state index in [-0.39, 0.29) is 18.4 Å². The van der Waals surface area contributed by atoms with E-state index in [0.29, 0.717) is 53.4 Å². The second-order valence-corrected chi connectivity index (χ2v) is 8.64. The van der Waals surface area contributed by atoms with Gasteiger partial charge in [0.15, 0.2) is 0 Å². The van der Waals surface area contributed by atoms with Gasteiger partial charge >= 0.3 is 0 Å². The Morgan fingerprint density at radius 3 is 2.65 bits per heavy atom. The standard InChI is InChI=1S/C23H24Cl2N6O3/c1-15-26-14-31(28-15)20-6-4-17(12-21(20)34-2)29-8-7-23(33)30(10-9-29)13-22(32)27-16-3-5-18(24)19(25)11-16/h3-6,11-12,14H,7-10,13H2,1-2H3,(H,27,32). The minimum atomic E-state index is -0.297. The lowest BCUT2D eigenvalue weighted by Gasteiger charge is -2.24. The van der Waals surface area contributed by atoms with Gasteiger partial charge in [-0.2, -0.15) is 5.10 Å². The smallest absolute Gasteiger partial charge is 0.243 e. The fourth-order valence-corrected chi connectivity index (χ4v) is 4.05. The van der Waals surface area contributed by atoms with Crippen LogP contribution in [0.15, 0.2) is 42.7 Å². The van der Waals surface area contributed by atoms with Gasteiger partial charge in [0.05, 0.1) is 23.7 Å². The van der Waals surface area contributed by atoms with Crippen LogP contribution >= 0.6 is 23.2 Å². The molecule has 1 N–H and O–H groups in total. The van der Waals surface area contributed by atoms with Crippen LogP contribution in [0.25, 0.3) is 5.69 Å². The maximum atomic E-state index is 12.7. The molecule has 34 heavy (non-hydrogen) atoms. The summed E-state index contributed by atoms with van der Waals surface area (Å²) in [5.74, 6) is 0.944. The van der Waals surface area contributed by atoms with Crippen LogP contribution < -0.4 is 15.0 Å². The second kappa shape index (κ2) is 10.3. The van der Waals surface area contributed by atoms with Crippen molar-refractivity contribution in [3.8, 4) is 11.4 Å². The lowest BCUT2D eigenvalue weighted by Crippen LogP contribution is -2.39. The Bertz CT molecular complexity index is 1220. The molecule has 2 amide bonds.